The Morgan fingerprint density at radius 1 is 0.914 bits per heavy atom. The highest BCUT2D eigenvalue weighted by molar-refractivity contribution is 7.99. The molecule has 0 aliphatic carbocycles. The molecular formula is C28H32N4O2S. The Bertz CT molecular complexity index is 1170. The van der Waals surface area contributed by atoms with E-state index in [-0.39, 0.29) is 24.7 Å². The zero-order valence-electron chi connectivity index (χ0n) is 20.2. The summed E-state index contributed by atoms with van der Waals surface area (Å²) in [6.07, 6.45) is 3.64. The maximum atomic E-state index is 13.2. The van der Waals surface area contributed by atoms with Crippen molar-refractivity contribution in [3.63, 3.8) is 0 Å². The number of hydrogen-bond acceptors (Lipinski definition) is 4. The monoisotopic (exact) mass is 488 g/mol. The van der Waals surface area contributed by atoms with Gasteiger partial charge in [0.05, 0.1) is 17.1 Å². The smallest absolute Gasteiger partial charge is 0.227 e. The summed E-state index contributed by atoms with van der Waals surface area (Å²) in [5.74, 6) is 1.55. The van der Waals surface area contributed by atoms with Gasteiger partial charge in [-0.2, -0.15) is 5.10 Å². The minimum atomic E-state index is 0.00887. The van der Waals surface area contributed by atoms with Gasteiger partial charge in [-0.1, -0.05) is 48.5 Å². The molecule has 6 nitrogen and oxygen atoms in total. The fourth-order valence-corrected chi connectivity index (χ4v) is 6.25. The van der Waals surface area contributed by atoms with Gasteiger partial charge in [0.1, 0.15) is 5.03 Å². The molecule has 2 aliphatic rings. The number of rotatable bonds is 6. The van der Waals surface area contributed by atoms with Gasteiger partial charge in [-0.3, -0.25) is 9.59 Å². The summed E-state index contributed by atoms with van der Waals surface area (Å²) in [5.41, 5.74) is 4.10. The Balaban J connectivity index is 1.17. The van der Waals surface area contributed by atoms with Crippen LogP contribution in [0, 0.1) is 12.8 Å². The SMILES string of the molecule is Cc1nn(-c2ccccc2)c2c1N(C(=O)CCC(=O)N1CCC(Cc3ccccc3)CC1)CCS2. The second-order valence-corrected chi connectivity index (χ2v) is 10.5. The molecular weight excluding hydrogens is 456 g/mol. The fraction of sp³-hybridized carbons (Fsp3) is 0.393. The van der Waals surface area contributed by atoms with Crippen LogP contribution in [0.25, 0.3) is 5.69 Å². The molecule has 7 heteroatoms. The van der Waals surface area contributed by atoms with Crippen LogP contribution in [0.5, 0.6) is 0 Å². The molecule has 0 radical (unpaired) electrons. The maximum Gasteiger partial charge on any atom is 0.227 e. The molecule has 182 valence electrons. The molecule has 0 atom stereocenters. The Hall–Kier alpha value is -3.06. The summed E-state index contributed by atoms with van der Waals surface area (Å²) in [6, 6.07) is 20.6. The maximum absolute atomic E-state index is 13.2. The highest BCUT2D eigenvalue weighted by atomic mass is 32.2. The highest BCUT2D eigenvalue weighted by Crippen LogP contribution is 2.39. The molecule has 3 aromatic rings. The van der Waals surface area contributed by atoms with Crippen LogP contribution in [0.2, 0.25) is 0 Å². The number of thioether (sulfide) groups is 1. The van der Waals surface area contributed by atoms with Crippen molar-refractivity contribution in [2.24, 2.45) is 5.92 Å². The minimum absolute atomic E-state index is 0.00887. The number of fused-ring (bicyclic) bond motifs is 1. The first-order valence-corrected chi connectivity index (χ1v) is 13.5. The molecule has 2 aliphatic heterocycles. The number of carbonyl (C=O) groups is 2. The summed E-state index contributed by atoms with van der Waals surface area (Å²) in [6.45, 7) is 4.18. The number of hydrogen-bond donors (Lipinski definition) is 0. The van der Waals surface area contributed by atoms with Gasteiger partial charge < -0.3 is 9.80 Å². The lowest BCUT2D eigenvalue weighted by molar-refractivity contribution is -0.134. The Morgan fingerprint density at radius 2 is 1.57 bits per heavy atom. The van der Waals surface area contributed by atoms with E-state index in [1.165, 1.54) is 5.56 Å². The van der Waals surface area contributed by atoms with E-state index < -0.39 is 0 Å². The predicted molar refractivity (Wildman–Crippen MR) is 140 cm³/mol. The van der Waals surface area contributed by atoms with Crippen molar-refractivity contribution < 1.29 is 9.59 Å². The van der Waals surface area contributed by atoms with E-state index in [9.17, 15) is 9.59 Å². The van der Waals surface area contributed by atoms with E-state index in [4.69, 9.17) is 5.10 Å². The van der Waals surface area contributed by atoms with E-state index >= 15 is 0 Å². The van der Waals surface area contributed by atoms with Gasteiger partial charge in [-0.25, -0.2) is 4.68 Å². The quantitative estimate of drug-likeness (QED) is 0.496. The molecule has 0 saturated carbocycles. The molecule has 5 rings (SSSR count). The van der Waals surface area contributed by atoms with E-state index in [0.29, 0.717) is 12.5 Å². The lowest BCUT2D eigenvalue weighted by Crippen LogP contribution is -2.40. The fourth-order valence-electron chi connectivity index (χ4n) is 5.12. The summed E-state index contributed by atoms with van der Waals surface area (Å²) < 4.78 is 1.93. The van der Waals surface area contributed by atoms with Crippen LogP contribution >= 0.6 is 11.8 Å². The number of piperidine rings is 1. The first-order valence-electron chi connectivity index (χ1n) is 12.5. The third-order valence-electron chi connectivity index (χ3n) is 7.00. The van der Waals surface area contributed by atoms with Crippen LogP contribution in [-0.2, 0) is 16.0 Å². The molecule has 1 aromatic heterocycles. The van der Waals surface area contributed by atoms with Crippen LogP contribution < -0.4 is 4.90 Å². The van der Waals surface area contributed by atoms with Gasteiger partial charge in [-0.15, -0.1) is 11.8 Å². The second-order valence-electron chi connectivity index (χ2n) is 9.39. The Labute approximate surface area is 211 Å². The molecule has 3 heterocycles. The van der Waals surface area contributed by atoms with Crippen LogP contribution in [-0.4, -0.2) is 51.9 Å². The summed E-state index contributed by atoms with van der Waals surface area (Å²) in [7, 11) is 0. The third-order valence-corrected chi connectivity index (χ3v) is 8.03. The van der Waals surface area contributed by atoms with Crippen molar-refractivity contribution in [1.29, 1.82) is 0 Å². The highest BCUT2D eigenvalue weighted by Gasteiger charge is 2.30. The van der Waals surface area contributed by atoms with Gasteiger partial charge in [0.2, 0.25) is 11.8 Å². The zero-order chi connectivity index (χ0) is 24.2. The summed E-state index contributed by atoms with van der Waals surface area (Å²) >= 11 is 1.73. The van der Waals surface area contributed by atoms with Gasteiger partial charge in [0, 0.05) is 38.2 Å². The van der Waals surface area contributed by atoms with E-state index in [1.807, 2.05) is 57.8 Å². The molecule has 35 heavy (non-hydrogen) atoms. The van der Waals surface area contributed by atoms with Crippen molar-refractivity contribution in [1.82, 2.24) is 14.7 Å². The molecule has 2 amide bonds. The number of carbonyl (C=O) groups excluding carboxylic acids is 2. The number of para-hydroxylation sites is 1. The largest absolute Gasteiger partial charge is 0.343 e. The van der Waals surface area contributed by atoms with Crippen molar-refractivity contribution in [2.45, 2.75) is 44.1 Å². The van der Waals surface area contributed by atoms with E-state index in [0.717, 1.165) is 60.2 Å². The number of aromatic nitrogens is 2. The van der Waals surface area contributed by atoms with Crippen LogP contribution in [0.3, 0.4) is 0 Å². The number of aryl methyl sites for hydroxylation is 1. The topological polar surface area (TPSA) is 58.4 Å². The lowest BCUT2D eigenvalue weighted by atomic mass is 9.90. The average Bonchev–Trinajstić information content (AvgIpc) is 3.25. The molecule has 0 bridgehead atoms. The van der Waals surface area contributed by atoms with Crippen molar-refractivity contribution >= 4 is 29.3 Å². The number of amides is 2. The summed E-state index contributed by atoms with van der Waals surface area (Å²) in [5, 5.41) is 5.73. The number of likely N-dealkylation sites (tertiary alicyclic amines) is 1. The Morgan fingerprint density at radius 3 is 2.29 bits per heavy atom. The van der Waals surface area contributed by atoms with Gasteiger partial charge >= 0.3 is 0 Å². The van der Waals surface area contributed by atoms with Gasteiger partial charge in [0.15, 0.2) is 0 Å². The van der Waals surface area contributed by atoms with Crippen molar-refractivity contribution in [2.75, 3.05) is 30.3 Å². The van der Waals surface area contributed by atoms with Crippen LogP contribution in [0.15, 0.2) is 65.7 Å². The number of benzene rings is 2. The summed E-state index contributed by atoms with van der Waals surface area (Å²) in [4.78, 5) is 29.9. The average molecular weight is 489 g/mol. The Kier molecular flexibility index (Phi) is 7.23. The normalized spacial score (nSPS) is 16.3. The van der Waals surface area contributed by atoms with Crippen LogP contribution in [0.1, 0.15) is 36.9 Å². The molecule has 1 saturated heterocycles. The zero-order valence-corrected chi connectivity index (χ0v) is 21.0. The first kappa shape index (κ1) is 23.7. The van der Waals surface area contributed by atoms with Gasteiger partial charge in [0.25, 0.3) is 0 Å². The number of anilines is 1. The van der Waals surface area contributed by atoms with E-state index in [1.54, 1.807) is 11.8 Å². The van der Waals surface area contributed by atoms with E-state index in [2.05, 4.69) is 24.3 Å². The molecule has 1 fully saturated rings. The van der Waals surface area contributed by atoms with Crippen molar-refractivity contribution in [3.05, 3.63) is 71.9 Å². The number of nitrogens with zero attached hydrogens (tertiary/aromatic N) is 4. The molecule has 2 aromatic carbocycles. The van der Waals surface area contributed by atoms with Crippen LogP contribution in [0.4, 0.5) is 5.69 Å². The predicted octanol–water partition coefficient (Wildman–Crippen LogP) is 4.88. The molecule has 0 unspecified atom stereocenters. The van der Waals surface area contributed by atoms with Crippen molar-refractivity contribution in [3.8, 4) is 5.69 Å². The second kappa shape index (κ2) is 10.7. The lowest BCUT2D eigenvalue weighted by Gasteiger charge is -2.32. The van der Waals surface area contributed by atoms with Gasteiger partial charge in [-0.05, 0) is 49.8 Å². The molecule has 0 N–H and O–H groups in total. The third kappa shape index (κ3) is 5.30. The molecule has 0 spiro atoms. The first-order chi connectivity index (χ1) is 17.1. The standard InChI is InChI=1S/C28H32N4O2S/c1-21-27-28(32(29-21)24-10-6-3-7-11-24)35-19-18-31(27)26(34)13-12-25(33)30-16-14-23(15-17-30)20-22-8-4-2-5-9-22/h2-11,23H,12-20H2,1H3. The minimum Gasteiger partial charge on any atom is -0.343 e.